The van der Waals surface area contributed by atoms with Gasteiger partial charge in [0.15, 0.2) is 11.0 Å². The molecule has 0 fully saturated rings. The van der Waals surface area contributed by atoms with Gasteiger partial charge < -0.3 is 14.4 Å². The molecular formula is C12H12ClN3O3S. The molecule has 1 heterocycles. The lowest BCUT2D eigenvalue weighted by Gasteiger charge is -2.08. The lowest BCUT2D eigenvalue weighted by molar-refractivity contribution is -0.133. The predicted octanol–water partition coefficient (Wildman–Crippen LogP) is 2.32. The number of carboxylic acid groups (broad SMARTS) is 1. The number of rotatable bonds is 5. The van der Waals surface area contributed by atoms with Gasteiger partial charge in [0.2, 0.25) is 0 Å². The Hall–Kier alpha value is -1.73. The lowest BCUT2D eigenvalue weighted by Crippen LogP contribution is -2.01. The third kappa shape index (κ3) is 3.05. The number of hydrogen-bond acceptors (Lipinski definition) is 5. The number of carbonyl (C=O) groups is 1. The summed E-state index contributed by atoms with van der Waals surface area (Å²) >= 11 is 7.03. The van der Waals surface area contributed by atoms with E-state index in [1.54, 1.807) is 36.9 Å². The van der Waals surface area contributed by atoms with Crippen molar-refractivity contribution in [3.8, 4) is 17.1 Å². The summed E-state index contributed by atoms with van der Waals surface area (Å²) in [4.78, 5) is 10.6. The fraction of sp³-hybridized carbons (Fsp3) is 0.250. The largest absolute Gasteiger partial charge is 0.496 e. The Kier molecular flexibility index (Phi) is 4.51. The van der Waals surface area contributed by atoms with Crippen molar-refractivity contribution in [3.63, 3.8) is 0 Å². The van der Waals surface area contributed by atoms with Crippen LogP contribution < -0.4 is 4.74 Å². The van der Waals surface area contributed by atoms with Crippen molar-refractivity contribution in [1.29, 1.82) is 0 Å². The van der Waals surface area contributed by atoms with Gasteiger partial charge in [-0.25, -0.2) is 0 Å². The SMILES string of the molecule is COc1cc(Cl)ccc1-c1nnc(SCC(=O)O)n1C. The molecule has 0 aliphatic carbocycles. The van der Waals surface area contributed by atoms with Crippen LogP contribution in [0.4, 0.5) is 0 Å². The van der Waals surface area contributed by atoms with Crippen molar-refractivity contribution in [1.82, 2.24) is 14.8 Å². The van der Waals surface area contributed by atoms with Crippen molar-refractivity contribution >= 4 is 29.3 Å². The molecule has 0 spiro atoms. The van der Waals surface area contributed by atoms with Crippen LogP contribution >= 0.6 is 23.4 Å². The Labute approximate surface area is 124 Å². The summed E-state index contributed by atoms with van der Waals surface area (Å²) in [7, 11) is 3.32. The molecule has 0 unspecified atom stereocenters. The third-order valence-corrected chi connectivity index (χ3v) is 3.80. The minimum absolute atomic E-state index is 0.0657. The lowest BCUT2D eigenvalue weighted by atomic mass is 10.2. The number of aromatic nitrogens is 3. The van der Waals surface area contributed by atoms with Gasteiger partial charge in [0.1, 0.15) is 5.75 Å². The number of methoxy groups -OCH3 is 1. The van der Waals surface area contributed by atoms with Crippen LogP contribution in [0.25, 0.3) is 11.4 Å². The van der Waals surface area contributed by atoms with Gasteiger partial charge in [0.05, 0.1) is 18.4 Å². The maximum atomic E-state index is 10.6. The van der Waals surface area contributed by atoms with Crippen LogP contribution in [0.1, 0.15) is 0 Å². The fourth-order valence-corrected chi connectivity index (χ4v) is 2.44. The topological polar surface area (TPSA) is 77.2 Å². The molecule has 1 aromatic carbocycles. The van der Waals surface area contributed by atoms with Crippen LogP contribution in [-0.4, -0.2) is 38.7 Å². The molecule has 2 aromatic rings. The number of carboxylic acids is 1. The number of halogens is 1. The van der Waals surface area contributed by atoms with Crippen molar-refractivity contribution < 1.29 is 14.6 Å². The van der Waals surface area contributed by atoms with Gasteiger partial charge >= 0.3 is 5.97 Å². The number of thioether (sulfide) groups is 1. The van der Waals surface area contributed by atoms with E-state index < -0.39 is 5.97 Å². The highest BCUT2D eigenvalue weighted by molar-refractivity contribution is 7.99. The second kappa shape index (κ2) is 6.15. The molecule has 0 radical (unpaired) electrons. The van der Waals surface area contributed by atoms with Crippen LogP contribution in [-0.2, 0) is 11.8 Å². The smallest absolute Gasteiger partial charge is 0.313 e. The van der Waals surface area contributed by atoms with Gasteiger partial charge in [0, 0.05) is 12.1 Å². The summed E-state index contributed by atoms with van der Waals surface area (Å²) in [6, 6.07) is 5.21. The van der Waals surface area contributed by atoms with E-state index in [-0.39, 0.29) is 5.75 Å². The van der Waals surface area contributed by atoms with Gasteiger partial charge in [-0.3, -0.25) is 4.79 Å². The summed E-state index contributed by atoms with van der Waals surface area (Å²) in [6.07, 6.45) is 0. The number of ether oxygens (including phenoxy) is 1. The maximum Gasteiger partial charge on any atom is 0.313 e. The number of benzene rings is 1. The minimum atomic E-state index is -0.899. The van der Waals surface area contributed by atoms with Crippen molar-refractivity contribution in [2.24, 2.45) is 7.05 Å². The zero-order valence-corrected chi connectivity index (χ0v) is 12.4. The van der Waals surface area contributed by atoms with Crippen LogP contribution in [0.15, 0.2) is 23.4 Å². The Morgan fingerprint density at radius 1 is 1.50 bits per heavy atom. The van der Waals surface area contributed by atoms with Gasteiger partial charge in [-0.05, 0) is 18.2 Å². The zero-order chi connectivity index (χ0) is 14.7. The van der Waals surface area contributed by atoms with Crippen molar-refractivity contribution in [2.75, 3.05) is 12.9 Å². The van der Waals surface area contributed by atoms with E-state index in [4.69, 9.17) is 21.4 Å². The Morgan fingerprint density at radius 2 is 2.25 bits per heavy atom. The molecule has 20 heavy (non-hydrogen) atoms. The first-order valence-electron chi connectivity index (χ1n) is 5.61. The van der Waals surface area contributed by atoms with E-state index in [9.17, 15) is 4.79 Å². The van der Waals surface area contributed by atoms with Crippen LogP contribution in [0.2, 0.25) is 5.02 Å². The molecule has 0 saturated heterocycles. The molecule has 2 rings (SSSR count). The molecule has 0 bridgehead atoms. The molecule has 0 aliphatic heterocycles. The Morgan fingerprint density at radius 3 is 2.90 bits per heavy atom. The van der Waals surface area contributed by atoms with E-state index in [1.165, 1.54) is 0 Å². The van der Waals surface area contributed by atoms with Crippen molar-refractivity contribution in [2.45, 2.75) is 5.16 Å². The van der Waals surface area contributed by atoms with E-state index in [2.05, 4.69) is 10.2 Å². The minimum Gasteiger partial charge on any atom is -0.496 e. The molecule has 1 N–H and O–H groups in total. The summed E-state index contributed by atoms with van der Waals surface area (Å²) in [5, 5.41) is 17.8. The highest BCUT2D eigenvalue weighted by atomic mass is 35.5. The van der Waals surface area contributed by atoms with E-state index in [0.717, 1.165) is 17.3 Å². The summed E-state index contributed by atoms with van der Waals surface area (Å²) in [6.45, 7) is 0. The first-order chi connectivity index (χ1) is 9.52. The van der Waals surface area contributed by atoms with Crippen molar-refractivity contribution in [3.05, 3.63) is 23.2 Å². The molecule has 8 heteroatoms. The highest BCUT2D eigenvalue weighted by Crippen LogP contribution is 2.32. The normalized spacial score (nSPS) is 10.6. The molecule has 0 atom stereocenters. The highest BCUT2D eigenvalue weighted by Gasteiger charge is 2.16. The quantitative estimate of drug-likeness (QED) is 0.854. The average molecular weight is 314 g/mol. The summed E-state index contributed by atoms with van der Waals surface area (Å²) < 4.78 is 7.00. The molecular weight excluding hydrogens is 302 g/mol. The summed E-state index contributed by atoms with van der Waals surface area (Å²) in [5.74, 6) is 0.210. The Balaban J connectivity index is 2.36. The standard InChI is InChI=1S/C12H12ClN3O3S/c1-16-11(14-15-12(16)20-6-10(17)18)8-4-3-7(13)5-9(8)19-2/h3-5H,6H2,1-2H3,(H,17,18). The zero-order valence-electron chi connectivity index (χ0n) is 10.8. The first-order valence-corrected chi connectivity index (χ1v) is 6.97. The second-order valence-electron chi connectivity index (χ2n) is 3.89. The van der Waals surface area contributed by atoms with E-state index >= 15 is 0 Å². The number of nitrogens with zero attached hydrogens (tertiary/aromatic N) is 3. The molecule has 6 nitrogen and oxygen atoms in total. The van der Waals surface area contributed by atoms with Crippen LogP contribution in [0.3, 0.4) is 0 Å². The second-order valence-corrected chi connectivity index (χ2v) is 5.27. The number of hydrogen-bond donors (Lipinski definition) is 1. The van der Waals surface area contributed by atoms with E-state index in [0.29, 0.717) is 21.8 Å². The fourth-order valence-electron chi connectivity index (χ4n) is 1.65. The molecule has 106 valence electrons. The molecule has 0 aliphatic rings. The molecule has 0 amide bonds. The maximum absolute atomic E-state index is 10.6. The molecule has 1 aromatic heterocycles. The average Bonchev–Trinajstić information content (AvgIpc) is 2.77. The third-order valence-electron chi connectivity index (χ3n) is 2.56. The van der Waals surface area contributed by atoms with Gasteiger partial charge in [-0.1, -0.05) is 23.4 Å². The number of aliphatic carboxylic acids is 1. The summed E-state index contributed by atoms with van der Waals surface area (Å²) in [5.41, 5.74) is 0.745. The molecule has 0 saturated carbocycles. The van der Waals surface area contributed by atoms with Crippen LogP contribution in [0.5, 0.6) is 5.75 Å². The van der Waals surface area contributed by atoms with Gasteiger partial charge in [-0.15, -0.1) is 10.2 Å². The van der Waals surface area contributed by atoms with Gasteiger partial charge in [0.25, 0.3) is 0 Å². The van der Waals surface area contributed by atoms with Crippen LogP contribution in [0, 0.1) is 0 Å². The van der Waals surface area contributed by atoms with Gasteiger partial charge in [-0.2, -0.15) is 0 Å². The van der Waals surface area contributed by atoms with E-state index in [1.807, 2.05) is 0 Å². The monoisotopic (exact) mass is 313 g/mol. The predicted molar refractivity (Wildman–Crippen MR) is 76.4 cm³/mol. The first kappa shape index (κ1) is 14.7. The Bertz CT molecular complexity index is 645.